The van der Waals surface area contributed by atoms with E-state index < -0.39 is 11.3 Å². The number of fused-ring (bicyclic) bond motifs is 4. The summed E-state index contributed by atoms with van der Waals surface area (Å²) in [5.41, 5.74) is 17.6. The predicted octanol–water partition coefficient (Wildman–Crippen LogP) is 25.5. The number of rotatable bonds is 6. The molecule has 87 heavy (non-hydrogen) atoms. The molecule has 9 aromatic carbocycles. The molecule has 2 aliphatic heterocycles. The summed E-state index contributed by atoms with van der Waals surface area (Å²) < 4.78 is 61.9. The molecule has 0 saturated carbocycles. The predicted molar refractivity (Wildman–Crippen MR) is 379 cm³/mol. The normalized spacial score (nSPS) is 15.0. The lowest BCUT2D eigenvalue weighted by molar-refractivity contribution is 0.589. The van der Waals surface area contributed by atoms with Crippen molar-refractivity contribution in [2.24, 2.45) is 0 Å². The second kappa shape index (κ2) is 21.4. The van der Waals surface area contributed by atoms with Crippen molar-refractivity contribution in [1.82, 2.24) is 0 Å². The molecule has 4 heteroatoms. The van der Waals surface area contributed by atoms with Gasteiger partial charge in [-0.2, -0.15) is 0 Å². The molecule has 0 aliphatic carbocycles. The summed E-state index contributed by atoms with van der Waals surface area (Å²) in [6.45, 7) is 46.8. The van der Waals surface area contributed by atoms with Crippen molar-refractivity contribution < 1.29 is 8.22 Å². The summed E-state index contributed by atoms with van der Waals surface area (Å²) in [5, 5.41) is -0.354. The summed E-state index contributed by atoms with van der Waals surface area (Å²) >= 11 is 14.8. The highest BCUT2D eigenvalue weighted by Gasteiger charge is 2.45. The van der Waals surface area contributed by atoms with Gasteiger partial charge >= 0.3 is 0 Å². The van der Waals surface area contributed by atoms with Crippen LogP contribution in [0.3, 0.4) is 0 Å². The summed E-state index contributed by atoms with van der Waals surface area (Å²) in [6, 6.07) is 47.5. The van der Waals surface area contributed by atoms with E-state index in [9.17, 15) is 8.22 Å². The fourth-order valence-electron chi connectivity index (χ4n) is 12.5. The highest BCUT2D eigenvalue weighted by molar-refractivity contribution is 6.31. The molecule has 0 atom stereocenters. The molecule has 0 N–H and O–H groups in total. The van der Waals surface area contributed by atoms with Gasteiger partial charge in [0.1, 0.15) is 0 Å². The largest absolute Gasteiger partial charge is 0.308 e. The third kappa shape index (κ3) is 11.6. The van der Waals surface area contributed by atoms with Crippen LogP contribution in [0.25, 0.3) is 44.5 Å². The Morgan fingerprint density at radius 2 is 0.563 bits per heavy atom. The molecule has 0 radical (unpaired) electrons. The first-order valence-electron chi connectivity index (χ1n) is 34.1. The summed E-state index contributed by atoms with van der Waals surface area (Å²) in [5.74, 6) is -1.08. The Bertz CT molecular complexity index is 4110. The first-order chi connectivity index (χ1) is 42.9. The first-order valence-corrected chi connectivity index (χ1v) is 31.8. The third-order valence-corrected chi connectivity index (χ3v) is 18.3. The van der Waals surface area contributed by atoms with Crippen molar-refractivity contribution in [2.45, 2.75) is 189 Å². The number of nitrogens with zero attached hydrogens (tertiary/aromatic N) is 2. The first kappa shape index (κ1) is 54.3. The highest BCUT2D eigenvalue weighted by atomic mass is 35.5. The molecule has 2 aliphatic rings. The number of hydrogen-bond acceptors (Lipinski definition) is 2. The molecule has 0 bridgehead atoms. The molecule has 11 rings (SSSR count). The second-order valence-electron chi connectivity index (χ2n) is 31.8. The van der Waals surface area contributed by atoms with Crippen LogP contribution in [-0.2, 0) is 37.9 Å². The van der Waals surface area contributed by atoms with Gasteiger partial charge in [-0.1, -0.05) is 278 Å². The van der Waals surface area contributed by atoms with Gasteiger partial charge in [-0.05, 0) is 171 Å². The molecule has 0 saturated heterocycles. The van der Waals surface area contributed by atoms with Crippen LogP contribution in [-0.4, -0.2) is 0 Å². The SMILES string of the molecule is [2H]c1c([2H])c2c(c([2H])c1Cl)N(c1c(-c3cccc(C(C)(C)C)c3)cc(C(C)(C)C)cc1-c1cccc(C(C)(C)C)c1)c1cc(C(C)(C)C)cc3c1C2c1c([2H])c([2H])c(Cl)c([2H])c1N3c1c(-c2cccc(C(C)(C)C)c2)cc(C(C)(C)C)cc1-c1cccc(C(C)(C)C)c1. The molecular formula is C83H92Cl2N2. The molecule has 0 spiro atoms. The Hall–Kier alpha value is -6.84. The van der Waals surface area contributed by atoms with E-state index in [0.717, 1.165) is 94.8 Å². The molecule has 0 amide bonds. The van der Waals surface area contributed by atoms with Gasteiger partial charge in [0.25, 0.3) is 0 Å². The van der Waals surface area contributed by atoms with Crippen LogP contribution in [0.15, 0.2) is 170 Å². The van der Waals surface area contributed by atoms with E-state index in [-0.39, 0.29) is 89.9 Å². The van der Waals surface area contributed by atoms with Crippen LogP contribution < -0.4 is 9.80 Å². The van der Waals surface area contributed by atoms with Crippen LogP contribution in [0.4, 0.5) is 34.1 Å². The Morgan fingerprint density at radius 1 is 0.310 bits per heavy atom. The smallest absolute Gasteiger partial charge is 0.0661 e. The average Bonchev–Trinajstić information content (AvgIpc) is 0.676. The van der Waals surface area contributed by atoms with E-state index in [1.165, 1.54) is 0 Å². The van der Waals surface area contributed by atoms with Gasteiger partial charge in [-0.25, -0.2) is 0 Å². The minimum atomic E-state index is -1.08. The zero-order chi connectivity index (χ0) is 68.3. The fraction of sp³-hybridized carbons (Fsp3) is 0.349. The van der Waals surface area contributed by atoms with Gasteiger partial charge in [-0.3, -0.25) is 0 Å². The molecule has 0 aromatic heterocycles. The zero-order valence-electron chi connectivity index (χ0n) is 61.4. The van der Waals surface area contributed by atoms with E-state index in [1.54, 1.807) is 0 Å². The van der Waals surface area contributed by atoms with Gasteiger partial charge in [0.05, 0.1) is 42.3 Å². The topological polar surface area (TPSA) is 6.48 Å². The zero-order valence-corrected chi connectivity index (χ0v) is 56.9. The molecule has 2 nitrogen and oxygen atoms in total. The fourth-order valence-corrected chi connectivity index (χ4v) is 12.8. The maximum atomic E-state index is 10.6. The monoisotopic (exact) mass is 1190 g/mol. The van der Waals surface area contributed by atoms with Crippen molar-refractivity contribution >= 4 is 57.3 Å². The van der Waals surface area contributed by atoms with Gasteiger partial charge in [0.15, 0.2) is 0 Å². The van der Waals surface area contributed by atoms with Crippen molar-refractivity contribution in [1.29, 1.82) is 0 Å². The molecule has 0 unspecified atom stereocenters. The Morgan fingerprint density at radius 3 is 0.816 bits per heavy atom. The Labute approximate surface area is 541 Å². The van der Waals surface area contributed by atoms with E-state index in [1.807, 2.05) is 0 Å². The molecule has 0 fully saturated rings. The lowest BCUT2D eigenvalue weighted by Crippen LogP contribution is -2.31. The number of halogens is 2. The van der Waals surface area contributed by atoms with E-state index in [2.05, 4.69) is 289 Å². The molecule has 448 valence electrons. The molecule has 9 aromatic rings. The van der Waals surface area contributed by atoms with E-state index in [0.29, 0.717) is 28.3 Å². The number of benzene rings is 9. The summed E-state index contributed by atoms with van der Waals surface area (Å²) in [4.78, 5) is 4.37. The van der Waals surface area contributed by atoms with Crippen molar-refractivity contribution in [2.75, 3.05) is 9.80 Å². The lowest BCUT2D eigenvalue weighted by Gasteiger charge is -2.47. The standard InChI is InChI=1S/C83H92Cl2N2/c1-77(2,3)54-30-22-26-50(38-54)65-42-58(81(13,14)15)43-66(51-27-23-31-55(39-51)78(4,5)6)75(65)86-69-48-61(84)34-36-63(69)73-64-37-35-62(85)49-70(64)87(72-47-60(83(19,20)21)46-71(86)74(72)73)76-67(52-28-24-32-56(40-52)79(7,8)9)44-59(82(16,17)18)45-68(76)53-29-25-33-57(41-53)80(10,11)12/h22-49,73H,1-21H3/i34D,35D,36D,37D,48D,49D. The van der Waals surface area contributed by atoms with Crippen LogP contribution in [0.5, 0.6) is 0 Å². The van der Waals surface area contributed by atoms with Gasteiger partial charge in [0.2, 0.25) is 0 Å². The second-order valence-corrected chi connectivity index (χ2v) is 32.6. The van der Waals surface area contributed by atoms with Gasteiger partial charge in [-0.15, -0.1) is 0 Å². The van der Waals surface area contributed by atoms with Crippen molar-refractivity contribution in [3.05, 3.63) is 235 Å². The number of anilines is 6. The maximum absolute atomic E-state index is 10.6. The summed E-state index contributed by atoms with van der Waals surface area (Å²) in [7, 11) is 0. The maximum Gasteiger partial charge on any atom is 0.0661 e. The van der Waals surface area contributed by atoms with Crippen molar-refractivity contribution in [3.8, 4) is 44.5 Å². The minimum absolute atomic E-state index is 0.147. The molecule has 2 heterocycles. The lowest BCUT2D eigenvalue weighted by atomic mass is 9.73. The third-order valence-electron chi connectivity index (χ3n) is 17.9. The Balaban J connectivity index is 1.44. The van der Waals surface area contributed by atoms with Crippen LogP contribution in [0.1, 0.15) is 215 Å². The minimum Gasteiger partial charge on any atom is -0.308 e. The van der Waals surface area contributed by atoms with Crippen LogP contribution >= 0.6 is 23.2 Å². The Kier molecular flexibility index (Phi) is 13.4. The number of hydrogen-bond donors (Lipinski definition) is 0. The average molecular weight is 1190 g/mol. The van der Waals surface area contributed by atoms with E-state index in [4.69, 9.17) is 23.2 Å². The highest BCUT2D eigenvalue weighted by Crippen LogP contribution is 2.65. The van der Waals surface area contributed by atoms with Crippen molar-refractivity contribution in [3.63, 3.8) is 0 Å². The van der Waals surface area contributed by atoms with Gasteiger partial charge < -0.3 is 9.80 Å². The summed E-state index contributed by atoms with van der Waals surface area (Å²) in [6.07, 6.45) is 0. The van der Waals surface area contributed by atoms with E-state index >= 15 is 0 Å². The van der Waals surface area contributed by atoms with Gasteiger partial charge in [0, 0.05) is 43.8 Å². The van der Waals surface area contributed by atoms with Crippen LogP contribution in [0.2, 0.25) is 10.0 Å². The molecular weight excluding hydrogens is 1100 g/mol. The quantitative estimate of drug-likeness (QED) is 0.164. The van der Waals surface area contributed by atoms with Crippen LogP contribution in [0, 0.1) is 0 Å².